The number of allylic oxidation sites excluding steroid dienone is 1. The highest BCUT2D eigenvalue weighted by Gasteiger charge is 2.25. The summed E-state index contributed by atoms with van der Waals surface area (Å²) in [6.07, 6.45) is 4.75. The van der Waals surface area contributed by atoms with Crippen LogP contribution in [0.15, 0.2) is 18.2 Å². The number of hydrogen-bond donors (Lipinski definition) is 1. The Hall–Kier alpha value is -1.77. The van der Waals surface area contributed by atoms with Crippen LogP contribution in [0, 0.1) is 19.8 Å². The van der Waals surface area contributed by atoms with Gasteiger partial charge in [0.1, 0.15) is 5.75 Å². The van der Waals surface area contributed by atoms with Gasteiger partial charge in [0.25, 0.3) is 0 Å². The first-order chi connectivity index (χ1) is 9.52. The van der Waals surface area contributed by atoms with Crippen molar-refractivity contribution in [2.75, 3.05) is 6.61 Å². The highest BCUT2D eigenvalue weighted by molar-refractivity contribution is 5.91. The zero-order valence-corrected chi connectivity index (χ0v) is 12.4. The van der Waals surface area contributed by atoms with Gasteiger partial charge in [0.15, 0.2) is 0 Å². The first-order valence-electron chi connectivity index (χ1n) is 7.21. The molecular weight excluding hydrogens is 252 g/mol. The smallest absolute Gasteiger partial charge is 0.328 e. The second kappa shape index (κ2) is 6.12. The third-order valence-corrected chi connectivity index (χ3v) is 3.96. The van der Waals surface area contributed by atoms with Crippen molar-refractivity contribution in [3.63, 3.8) is 0 Å². The van der Waals surface area contributed by atoms with Crippen LogP contribution in [0.4, 0.5) is 0 Å². The molecule has 20 heavy (non-hydrogen) atoms. The highest BCUT2D eigenvalue weighted by Crippen LogP contribution is 2.40. The van der Waals surface area contributed by atoms with Crippen LogP contribution in [-0.4, -0.2) is 17.7 Å². The van der Waals surface area contributed by atoms with Crippen LogP contribution < -0.4 is 4.74 Å². The molecule has 0 radical (unpaired) electrons. The average molecular weight is 274 g/mol. The van der Waals surface area contributed by atoms with E-state index in [1.807, 2.05) is 26.8 Å². The van der Waals surface area contributed by atoms with Gasteiger partial charge in [-0.05, 0) is 73.9 Å². The quantitative estimate of drug-likeness (QED) is 0.826. The number of hydrogen-bond acceptors (Lipinski definition) is 2. The molecule has 0 spiro atoms. The van der Waals surface area contributed by atoms with Gasteiger partial charge < -0.3 is 9.84 Å². The molecule has 0 amide bonds. The molecule has 1 saturated carbocycles. The zero-order chi connectivity index (χ0) is 14.7. The van der Waals surface area contributed by atoms with Crippen LogP contribution in [-0.2, 0) is 4.79 Å². The van der Waals surface area contributed by atoms with Crippen molar-refractivity contribution in [2.45, 2.75) is 40.0 Å². The monoisotopic (exact) mass is 274 g/mol. The summed E-state index contributed by atoms with van der Waals surface area (Å²) < 4.78 is 5.60. The molecule has 1 N–H and O–H groups in total. The molecule has 3 nitrogen and oxygen atoms in total. The number of carboxylic acids is 1. The summed E-state index contributed by atoms with van der Waals surface area (Å²) in [4.78, 5) is 11.1. The Morgan fingerprint density at radius 1 is 1.35 bits per heavy atom. The third-order valence-electron chi connectivity index (χ3n) is 3.96. The van der Waals surface area contributed by atoms with Crippen molar-refractivity contribution < 1.29 is 14.6 Å². The number of benzene rings is 1. The van der Waals surface area contributed by atoms with Crippen molar-refractivity contribution in [1.29, 1.82) is 0 Å². The fourth-order valence-electron chi connectivity index (χ4n) is 2.68. The topological polar surface area (TPSA) is 46.5 Å². The van der Waals surface area contributed by atoms with Crippen molar-refractivity contribution in [3.05, 3.63) is 34.9 Å². The first-order valence-corrected chi connectivity index (χ1v) is 7.21. The number of carbonyl (C=O) groups is 1. The highest BCUT2D eigenvalue weighted by atomic mass is 16.5. The number of carboxylic acid groups (broad SMARTS) is 1. The van der Waals surface area contributed by atoms with Crippen LogP contribution in [0.2, 0.25) is 0 Å². The summed E-state index contributed by atoms with van der Waals surface area (Å²) in [5.41, 5.74) is 4.16. The molecule has 2 rings (SSSR count). The standard InChI is InChI=1S/C17H22O3/c1-4-20-16-9-11(2)14(8-12(16)3)15(10-17(18)19)13-6-5-7-13/h8-10,13H,4-7H2,1-3H3,(H,18,19)/b15-10+. The van der Waals surface area contributed by atoms with E-state index in [-0.39, 0.29) is 0 Å². The predicted molar refractivity (Wildman–Crippen MR) is 80.0 cm³/mol. The lowest BCUT2D eigenvalue weighted by Gasteiger charge is -2.29. The minimum absolute atomic E-state index is 0.391. The molecule has 0 aliphatic heterocycles. The van der Waals surface area contributed by atoms with Gasteiger partial charge >= 0.3 is 5.97 Å². The summed E-state index contributed by atoms with van der Waals surface area (Å²) >= 11 is 0. The number of aryl methyl sites for hydroxylation is 2. The largest absolute Gasteiger partial charge is 0.494 e. The molecule has 0 heterocycles. The van der Waals surface area contributed by atoms with E-state index in [0.29, 0.717) is 12.5 Å². The van der Waals surface area contributed by atoms with Crippen LogP contribution in [0.1, 0.15) is 42.9 Å². The Morgan fingerprint density at radius 2 is 2.05 bits per heavy atom. The molecule has 1 aromatic rings. The van der Waals surface area contributed by atoms with Gasteiger partial charge in [0, 0.05) is 6.08 Å². The lowest BCUT2D eigenvalue weighted by atomic mass is 9.76. The van der Waals surface area contributed by atoms with Gasteiger partial charge in [-0.3, -0.25) is 0 Å². The Morgan fingerprint density at radius 3 is 2.55 bits per heavy atom. The van der Waals surface area contributed by atoms with Crippen molar-refractivity contribution >= 4 is 11.5 Å². The van der Waals surface area contributed by atoms with E-state index in [0.717, 1.165) is 40.9 Å². The SMILES string of the molecule is CCOc1cc(C)c(/C(=C/C(=O)O)C2CCC2)cc1C. The van der Waals surface area contributed by atoms with Crippen LogP contribution in [0.25, 0.3) is 5.57 Å². The molecule has 1 aromatic carbocycles. The summed E-state index contributed by atoms with van der Waals surface area (Å²) in [6.45, 7) is 6.63. The molecule has 0 bridgehead atoms. The van der Waals surface area contributed by atoms with Crippen molar-refractivity contribution in [3.8, 4) is 5.75 Å². The van der Waals surface area contributed by atoms with Gasteiger partial charge in [-0.25, -0.2) is 4.79 Å². The van der Waals surface area contributed by atoms with Crippen molar-refractivity contribution in [1.82, 2.24) is 0 Å². The normalized spacial score (nSPS) is 15.8. The van der Waals surface area contributed by atoms with Gasteiger partial charge in [-0.1, -0.05) is 6.42 Å². The second-order valence-electron chi connectivity index (χ2n) is 5.43. The van der Waals surface area contributed by atoms with Gasteiger partial charge in [0.05, 0.1) is 6.61 Å². The molecule has 0 unspecified atom stereocenters. The third kappa shape index (κ3) is 3.03. The Kier molecular flexibility index (Phi) is 4.48. The lowest BCUT2D eigenvalue weighted by Crippen LogP contribution is -2.15. The molecule has 0 aromatic heterocycles. The van der Waals surface area contributed by atoms with Crippen molar-refractivity contribution in [2.24, 2.45) is 5.92 Å². The van der Waals surface area contributed by atoms with E-state index >= 15 is 0 Å². The van der Waals surface area contributed by atoms with Gasteiger partial charge in [0.2, 0.25) is 0 Å². The molecule has 0 saturated heterocycles. The Labute approximate surface area is 120 Å². The van der Waals surface area contributed by atoms with E-state index in [4.69, 9.17) is 9.84 Å². The molecular formula is C17H22O3. The summed E-state index contributed by atoms with van der Waals surface area (Å²) in [7, 11) is 0. The van der Waals surface area contributed by atoms with E-state index in [2.05, 4.69) is 6.07 Å². The Bertz CT molecular complexity index is 539. The number of ether oxygens (including phenoxy) is 1. The molecule has 1 aliphatic carbocycles. The predicted octanol–water partition coefficient (Wildman–Crippen LogP) is 3.97. The molecule has 108 valence electrons. The maximum absolute atomic E-state index is 11.1. The zero-order valence-electron chi connectivity index (χ0n) is 12.4. The second-order valence-corrected chi connectivity index (χ2v) is 5.43. The minimum Gasteiger partial charge on any atom is -0.494 e. The maximum atomic E-state index is 11.1. The minimum atomic E-state index is -0.863. The molecule has 0 atom stereocenters. The summed E-state index contributed by atoms with van der Waals surface area (Å²) in [6, 6.07) is 4.08. The Balaban J connectivity index is 2.43. The maximum Gasteiger partial charge on any atom is 0.328 e. The van der Waals surface area contributed by atoms with E-state index in [1.54, 1.807) is 0 Å². The van der Waals surface area contributed by atoms with Gasteiger partial charge in [-0.2, -0.15) is 0 Å². The van der Waals surface area contributed by atoms with Crippen LogP contribution in [0.3, 0.4) is 0 Å². The number of rotatable bonds is 5. The summed E-state index contributed by atoms with van der Waals surface area (Å²) in [5, 5.41) is 9.11. The first kappa shape index (κ1) is 14.6. The molecule has 1 fully saturated rings. The fraction of sp³-hybridized carbons (Fsp3) is 0.471. The number of aliphatic carboxylic acids is 1. The van der Waals surface area contributed by atoms with Crippen LogP contribution >= 0.6 is 0 Å². The molecule has 3 heteroatoms. The average Bonchev–Trinajstić information content (AvgIpc) is 2.30. The molecule has 1 aliphatic rings. The van der Waals surface area contributed by atoms with E-state index in [9.17, 15) is 4.79 Å². The fourth-order valence-corrected chi connectivity index (χ4v) is 2.68. The van der Waals surface area contributed by atoms with E-state index < -0.39 is 5.97 Å². The van der Waals surface area contributed by atoms with Gasteiger partial charge in [-0.15, -0.1) is 0 Å². The summed E-state index contributed by atoms with van der Waals surface area (Å²) in [5.74, 6) is 0.414. The van der Waals surface area contributed by atoms with Crippen LogP contribution in [0.5, 0.6) is 5.75 Å². The lowest BCUT2D eigenvalue weighted by molar-refractivity contribution is -0.131. The van der Waals surface area contributed by atoms with E-state index in [1.165, 1.54) is 12.5 Å².